The van der Waals surface area contributed by atoms with Crippen molar-refractivity contribution >= 4 is 28.3 Å². The van der Waals surface area contributed by atoms with E-state index >= 15 is 0 Å². The topological polar surface area (TPSA) is 55.2 Å². The van der Waals surface area contributed by atoms with Gasteiger partial charge in [0.15, 0.2) is 16.7 Å². The number of thioether (sulfide) groups is 1. The minimum absolute atomic E-state index is 0.213. The molecule has 0 radical (unpaired) electrons. The third kappa shape index (κ3) is 4.54. The number of methoxy groups -OCH3 is 2. The largest absolute Gasteiger partial charge is 0.493 e. The van der Waals surface area contributed by atoms with Gasteiger partial charge in [0.05, 0.1) is 31.2 Å². The Kier molecular flexibility index (Phi) is 5.59. The Morgan fingerprint density at radius 2 is 1.85 bits per heavy atom. The summed E-state index contributed by atoms with van der Waals surface area (Å²) in [4.78, 5) is 4.20. The summed E-state index contributed by atoms with van der Waals surface area (Å²) in [5.41, 5.74) is 3.88. The molecule has 0 saturated heterocycles. The van der Waals surface area contributed by atoms with E-state index in [1.807, 2.05) is 12.1 Å². The van der Waals surface area contributed by atoms with Crippen LogP contribution in [0, 0.1) is 0 Å². The zero-order valence-corrected chi connectivity index (χ0v) is 15.3. The fourth-order valence-corrected chi connectivity index (χ4v) is 3.19. The summed E-state index contributed by atoms with van der Waals surface area (Å²) >= 11 is 1.35. The average Bonchev–Trinajstić information content (AvgIpc) is 2.67. The lowest BCUT2D eigenvalue weighted by Crippen LogP contribution is -2.25. The maximum atomic E-state index is 12.8. The van der Waals surface area contributed by atoms with Crippen LogP contribution in [-0.2, 0) is 6.18 Å². The van der Waals surface area contributed by atoms with Gasteiger partial charge in [-0.05, 0) is 36.4 Å². The number of nitrogens with one attached hydrogen (secondary N) is 1. The molecule has 0 unspecified atom stereocenters. The van der Waals surface area contributed by atoms with E-state index in [0.717, 1.165) is 23.4 Å². The fraction of sp³-hybridized carbons (Fsp3) is 0.222. The number of benzene rings is 2. The fourth-order valence-electron chi connectivity index (χ4n) is 2.41. The maximum Gasteiger partial charge on any atom is 0.416 e. The molecule has 2 aromatic carbocycles. The Morgan fingerprint density at radius 3 is 2.48 bits per heavy atom. The summed E-state index contributed by atoms with van der Waals surface area (Å²) in [6.07, 6.45) is -4.40. The molecule has 9 heteroatoms. The van der Waals surface area contributed by atoms with Crippen molar-refractivity contribution in [2.75, 3.05) is 20.0 Å². The molecule has 0 bridgehead atoms. The molecule has 0 saturated carbocycles. The highest BCUT2D eigenvalue weighted by Crippen LogP contribution is 2.32. The molecule has 2 aromatic rings. The smallest absolute Gasteiger partial charge is 0.416 e. The summed E-state index contributed by atoms with van der Waals surface area (Å²) in [7, 11) is 3.11. The second-order valence-electron chi connectivity index (χ2n) is 5.49. The lowest BCUT2D eigenvalue weighted by Gasteiger charge is -2.16. The van der Waals surface area contributed by atoms with E-state index in [1.165, 1.54) is 23.9 Å². The minimum Gasteiger partial charge on any atom is -0.493 e. The Balaban J connectivity index is 1.78. The summed E-state index contributed by atoms with van der Waals surface area (Å²) in [6.45, 7) is 0. The number of hydrogen-bond acceptors (Lipinski definition) is 5. The zero-order chi connectivity index (χ0) is 19.4. The first kappa shape index (κ1) is 19.1. The summed E-state index contributed by atoms with van der Waals surface area (Å²) in [6, 6.07) is 10.3. The Labute approximate surface area is 158 Å². The molecule has 1 aliphatic rings. The average molecular weight is 395 g/mol. The number of hydrogen-bond donors (Lipinski definition) is 1. The van der Waals surface area contributed by atoms with Gasteiger partial charge in [0.25, 0.3) is 0 Å². The van der Waals surface area contributed by atoms with E-state index in [-0.39, 0.29) is 5.69 Å². The van der Waals surface area contributed by atoms with Gasteiger partial charge < -0.3 is 9.47 Å². The number of halogens is 3. The van der Waals surface area contributed by atoms with E-state index in [4.69, 9.17) is 9.47 Å². The molecule has 1 aliphatic heterocycles. The van der Waals surface area contributed by atoms with Gasteiger partial charge in [-0.25, -0.2) is 4.99 Å². The van der Waals surface area contributed by atoms with Crippen molar-refractivity contribution in [3.63, 3.8) is 0 Å². The first-order valence-electron chi connectivity index (χ1n) is 7.84. The van der Waals surface area contributed by atoms with Crippen LogP contribution in [-0.4, -0.2) is 30.9 Å². The lowest BCUT2D eigenvalue weighted by molar-refractivity contribution is -0.137. The highest BCUT2D eigenvalue weighted by atomic mass is 32.2. The quantitative estimate of drug-likeness (QED) is 0.831. The molecule has 0 spiro atoms. The van der Waals surface area contributed by atoms with Crippen molar-refractivity contribution in [1.82, 2.24) is 5.43 Å². The maximum absolute atomic E-state index is 12.8. The molecule has 142 valence electrons. The number of rotatable bonds is 4. The van der Waals surface area contributed by atoms with Gasteiger partial charge in [-0.15, -0.1) is 0 Å². The highest BCUT2D eigenvalue weighted by Gasteiger charge is 2.30. The monoisotopic (exact) mass is 395 g/mol. The van der Waals surface area contributed by atoms with Gasteiger partial charge in [-0.1, -0.05) is 17.8 Å². The normalized spacial score (nSPS) is 15.9. The van der Waals surface area contributed by atoms with Gasteiger partial charge in [0.2, 0.25) is 0 Å². The standard InChI is InChI=1S/C18H16F3N3O2S/c1-25-15-7-6-11(8-16(15)26-2)14-10-27-17(24-23-14)22-13-5-3-4-12(9-13)18(19,20)21/h3-9H,10H2,1-2H3,(H,22,24). The predicted octanol–water partition coefficient (Wildman–Crippen LogP) is 4.45. The number of ether oxygens (including phenoxy) is 2. The molecular formula is C18H16F3N3O2S. The number of amidine groups is 1. The SMILES string of the molecule is COc1ccc(C2=NNC(=Nc3cccc(C(F)(F)F)c3)SC2)cc1OC. The third-order valence-corrected chi connectivity index (χ3v) is 4.63. The number of hydrazone groups is 1. The highest BCUT2D eigenvalue weighted by molar-refractivity contribution is 8.14. The first-order valence-corrected chi connectivity index (χ1v) is 8.83. The van der Waals surface area contributed by atoms with Gasteiger partial charge in [-0.3, -0.25) is 5.43 Å². The van der Waals surface area contributed by atoms with Crippen LogP contribution in [0.25, 0.3) is 0 Å². The Hall–Kier alpha value is -2.68. The molecule has 1 N–H and O–H groups in total. The van der Waals surface area contributed by atoms with Crippen molar-refractivity contribution in [2.45, 2.75) is 6.18 Å². The van der Waals surface area contributed by atoms with Crippen LogP contribution >= 0.6 is 11.8 Å². The molecule has 5 nitrogen and oxygen atoms in total. The first-order chi connectivity index (χ1) is 12.9. The molecule has 3 rings (SSSR count). The van der Waals surface area contributed by atoms with Crippen LogP contribution in [0.4, 0.5) is 18.9 Å². The molecule has 0 aliphatic carbocycles. The van der Waals surface area contributed by atoms with Crippen LogP contribution in [0.5, 0.6) is 11.5 Å². The Morgan fingerprint density at radius 1 is 1.07 bits per heavy atom. The van der Waals surface area contributed by atoms with Crippen LogP contribution < -0.4 is 14.9 Å². The van der Waals surface area contributed by atoms with Gasteiger partial charge in [0.1, 0.15) is 0 Å². The second-order valence-corrected chi connectivity index (χ2v) is 6.46. The van der Waals surface area contributed by atoms with Crippen molar-refractivity contribution in [3.05, 3.63) is 53.6 Å². The molecule has 0 amide bonds. The van der Waals surface area contributed by atoms with Crippen molar-refractivity contribution in [1.29, 1.82) is 0 Å². The Bertz CT molecular complexity index is 898. The molecule has 0 aromatic heterocycles. The van der Waals surface area contributed by atoms with Crippen LogP contribution in [0.3, 0.4) is 0 Å². The van der Waals surface area contributed by atoms with Crippen molar-refractivity contribution < 1.29 is 22.6 Å². The van der Waals surface area contributed by atoms with E-state index in [9.17, 15) is 13.2 Å². The third-order valence-electron chi connectivity index (χ3n) is 3.75. The second kappa shape index (κ2) is 7.91. The van der Waals surface area contributed by atoms with Crippen LogP contribution in [0.2, 0.25) is 0 Å². The molecule has 1 heterocycles. The predicted molar refractivity (Wildman–Crippen MR) is 100 cm³/mol. The van der Waals surface area contributed by atoms with Crippen molar-refractivity contribution in [2.24, 2.45) is 10.1 Å². The lowest BCUT2D eigenvalue weighted by atomic mass is 10.1. The van der Waals surface area contributed by atoms with Crippen LogP contribution in [0.15, 0.2) is 52.6 Å². The van der Waals surface area contributed by atoms with E-state index in [0.29, 0.717) is 22.4 Å². The van der Waals surface area contributed by atoms with Crippen LogP contribution in [0.1, 0.15) is 11.1 Å². The molecular weight excluding hydrogens is 379 g/mol. The minimum atomic E-state index is -4.40. The zero-order valence-electron chi connectivity index (χ0n) is 14.5. The van der Waals surface area contributed by atoms with Gasteiger partial charge >= 0.3 is 6.18 Å². The van der Waals surface area contributed by atoms with Crippen molar-refractivity contribution in [3.8, 4) is 11.5 Å². The van der Waals surface area contributed by atoms with E-state index in [2.05, 4.69) is 15.5 Å². The number of aliphatic imine (C=N–C) groups is 1. The molecule has 0 fully saturated rings. The summed E-state index contributed by atoms with van der Waals surface area (Å²) < 4.78 is 48.9. The summed E-state index contributed by atoms with van der Waals surface area (Å²) in [5, 5.41) is 4.71. The van der Waals surface area contributed by atoms with Gasteiger partial charge in [0, 0.05) is 11.3 Å². The number of alkyl halides is 3. The van der Waals surface area contributed by atoms with Gasteiger partial charge in [-0.2, -0.15) is 18.3 Å². The van der Waals surface area contributed by atoms with E-state index < -0.39 is 11.7 Å². The van der Waals surface area contributed by atoms with E-state index in [1.54, 1.807) is 20.3 Å². The molecule has 27 heavy (non-hydrogen) atoms. The molecule has 0 atom stereocenters. The number of nitrogens with zero attached hydrogens (tertiary/aromatic N) is 2. The summed E-state index contributed by atoms with van der Waals surface area (Å²) in [5.74, 6) is 1.72.